The van der Waals surface area contributed by atoms with Crippen LogP contribution in [0.2, 0.25) is 0 Å². The van der Waals surface area contributed by atoms with E-state index >= 15 is 0 Å². The van der Waals surface area contributed by atoms with Crippen molar-refractivity contribution in [1.29, 1.82) is 0 Å². The molecule has 0 saturated heterocycles. The van der Waals surface area contributed by atoms with Gasteiger partial charge in [-0.15, -0.1) is 4.52 Å². The molecule has 0 radical (unpaired) electrons. The van der Waals surface area contributed by atoms with Gasteiger partial charge in [-0.05, 0) is 50.5 Å². The van der Waals surface area contributed by atoms with E-state index in [0.717, 1.165) is 23.2 Å². The van der Waals surface area contributed by atoms with Crippen molar-refractivity contribution in [1.82, 2.24) is 4.90 Å². The van der Waals surface area contributed by atoms with Gasteiger partial charge in [0.25, 0.3) is 0 Å². The highest BCUT2D eigenvalue weighted by atomic mass is 32.2. The smallest absolute Gasteiger partial charge is 0.410 e. The Balaban J connectivity index is 1.67. The Labute approximate surface area is 163 Å². The van der Waals surface area contributed by atoms with Gasteiger partial charge < -0.3 is 15.0 Å². The minimum atomic E-state index is -0.286. The van der Waals surface area contributed by atoms with Gasteiger partial charge in [0, 0.05) is 30.7 Å². The van der Waals surface area contributed by atoms with Gasteiger partial charge in [-0.25, -0.2) is 4.79 Å². The summed E-state index contributed by atoms with van der Waals surface area (Å²) in [5, 5.41) is 6.61. The number of benzene rings is 1. The normalized spacial score (nSPS) is 22.1. The van der Waals surface area contributed by atoms with Crippen molar-refractivity contribution in [3.8, 4) is 0 Å². The number of nitrogens with one attached hydrogen (secondary N) is 1. The number of nitrogens with zero attached hydrogens (tertiary/aromatic N) is 3. The van der Waals surface area contributed by atoms with Crippen molar-refractivity contribution in [2.75, 3.05) is 25.0 Å². The quantitative estimate of drug-likeness (QED) is 0.786. The van der Waals surface area contributed by atoms with E-state index in [1.807, 2.05) is 38.1 Å². The van der Waals surface area contributed by atoms with Gasteiger partial charge in [0.05, 0.1) is 12.6 Å². The third kappa shape index (κ3) is 4.50. The van der Waals surface area contributed by atoms with Gasteiger partial charge in [-0.2, -0.15) is 5.11 Å². The van der Waals surface area contributed by atoms with Crippen LogP contribution in [0.15, 0.2) is 39.5 Å². The summed E-state index contributed by atoms with van der Waals surface area (Å²) in [6.07, 6.45) is 0.557. The third-order valence-corrected chi connectivity index (χ3v) is 5.76. The molecule has 27 heavy (non-hydrogen) atoms. The SMILES string of the molecule is CCOC(=O)N1CCC(C)=C(c2ccc(NC(=O)C3SN=NC3C)cc2)C1. The molecule has 1 N–H and O–H groups in total. The van der Waals surface area contributed by atoms with Crippen LogP contribution in [-0.2, 0) is 9.53 Å². The average molecular weight is 388 g/mol. The molecule has 0 bridgehead atoms. The first-order valence-electron chi connectivity index (χ1n) is 9.07. The van der Waals surface area contributed by atoms with E-state index in [4.69, 9.17) is 4.74 Å². The molecule has 7 nitrogen and oxygen atoms in total. The molecular weight excluding hydrogens is 364 g/mol. The molecule has 2 heterocycles. The fourth-order valence-corrected chi connectivity index (χ4v) is 3.79. The number of hydrogen-bond donors (Lipinski definition) is 1. The lowest BCUT2D eigenvalue weighted by molar-refractivity contribution is -0.115. The van der Waals surface area contributed by atoms with E-state index in [1.165, 1.54) is 17.5 Å². The number of anilines is 1. The van der Waals surface area contributed by atoms with Gasteiger partial charge in [-0.3, -0.25) is 4.79 Å². The Hall–Kier alpha value is -2.35. The van der Waals surface area contributed by atoms with Crippen molar-refractivity contribution in [3.63, 3.8) is 0 Å². The van der Waals surface area contributed by atoms with E-state index in [0.29, 0.717) is 19.7 Å². The maximum absolute atomic E-state index is 12.3. The summed E-state index contributed by atoms with van der Waals surface area (Å²) in [5.74, 6) is -0.0909. The Morgan fingerprint density at radius 3 is 2.70 bits per heavy atom. The monoisotopic (exact) mass is 388 g/mol. The number of amides is 2. The molecule has 2 aliphatic heterocycles. The summed E-state index contributed by atoms with van der Waals surface area (Å²) >= 11 is 1.20. The van der Waals surface area contributed by atoms with Crippen LogP contribution in [-0.4, -0.2) is 47.9 Å². The number of ether oxygens (including phenoxy) is 1. The first-order valence-corrected chi connectivity index (χ1v) is 9.91. The van der Waals surface area contributed by atoms with E-state index in [2.05, 4.69) is 21.9 Å². The highest BCUT2D eigenvalue weighted by molar-refractivity contribution is 7.99. The minimum absolute atomic E-state index is 0.0909. The molecule has 0 saturated carbocycles. The molecule has 2 amide bonds. The van der Waals surface area contributed by atoms with Crippen molar-refractivity contribution in [2.45, 2.75) is 38.5 Å². The highest BCUT2D eigenvalue weighted by Crippen LogP contribution is 2.29. The summed E-state index contributed by atoms with van der Waals surface area (Å²) in [5.41, 5.74) is 4.18. The summed E-state index contributed by atoms with van der Waals surface area (Å²) in [7, 11) is 0. The van der Waals surface area contributed by atoms with Crippen molar-refractivity contribution >= 4 is 35.2 Å². The molecule has 1 aromatic rings. The molecule has 1 aromatic carbocycles. The van der Waals surface area contributed by atoms with Crippen LogP contribution < -0.4 is 5.32 Å². The lowest BCUT2D eigenvalue weighted by Crippen LogP contribution is -2.36. The number of hydrogen-bond acceptors (Lipinski definition) is 6. The third-order valence-electron chi connectivity index (χ3n) is 4.73. The maximum atomic E-state index is 12.3. The summed E-state index contributed by atoms with van der Waals surface area (Å²) in [6, 6.07) is 7.61. The van der Waals surface area contributed by atoms with Crippen molar-refractivity contribution < 1.29 is 14.3 Å². The molecule has 0 spiro atoms. The molecule has 2 aliphatic rings. The molecule has 0 fully saturated rings. The van der Waals surface area contributed by atoms with Gasteiger partial charge in [0.2, 0.25) is 5.91 Å². The fourth-order valence-electron chi connectivity index (χ4n) is 3.10. The Morgan fingerprint density at radius 1 is 1.33 bits per heavy atom. The molecular formula is C19H24N4O3S. The van der Waals surface area contributed by atoms with Crippen LogP contribution in [0, 0.1) is 0 Å². The molecule has 2 atom stereocenters. The van der Waals surface area contributed by atoms with Gasteiger partial charge >= 0.3 is 6.09 Å². The predicted octanol–water partition coefficient (Wildman–Crippen LogP) is 4.13. The van der Waals surface area contributed by atoms with Gasteiger partial charge in [0.1, 0.15) is 5.25 Å². The van der Waals surface area contributed by atoms with Crippen molar-refractivity contribution in [3.05, 3.63) is 35.4 Å². The number of carbonyl (C=O) groups is 2. The molecule has 144 valence electrons. The van der Waals surface area contributed by atoms with Gasteiger partial charge in [-0.1, -0.05) is 17.7 Å². The Bertz CT molecular complexity index is 776. The van der Waals surface area contributed by atoms with E-state index < -0.39 is 0 Å². The van der Waals surface area contributed by atoms with Crippen LogP contribution in [0.3, 0.4) is 0 Å². The summed E-state index contributed by atoms with van der Waals surface area (Å²) in [6.45, 7) is 7.37. The van der Waals surface area contributed by atoms with Crippen LogP contribution in [0.25, 0.3) is 5.57 Å². The van der Waals surface area contributed by atoms with Crippen LogP contribution in [0.1, 0.15) is 32.8 Å². The lowest BCUT2D eigenvalue weighted by atomic mass is 9.95. The average Bonchev–Trinajstić information content (AvgIpc) is 3.09. The molecule has 8 heteroatoms. The minimum Gasteiger partial charge on any atom is -0.450 e. The Morgan fingerprint density at radius 2 is 2.07 bits per heavy atom. The molecule has 3 rings (SSSR count). The van der Waals surface area contributed by atoms with Crippen LogP contribution in [0.4, 0.5) is 10.5 Å². The second-order valence-electron chi connectivity index (χ2n) is 6.66. The van der Waals surface area contributed by atoms with Crippen LogP contribution >= 0.6 is 11.9 Å². The highest BCUT2D eigenvalue weighted by Gasteiger charge is 2.30. The fraction of sp³-hybridized carbons (Fsp3) is 0.474. The lowest BCUT2D eigenvalue weighted by Gasteiger charge is -2.29. The first kappa shape index (κ1) is 19.4. The zero-order valence-electron chi connectivity index (χ0n) is 15.8. The largest absolute Gasteiger partial charge is 0.450 e. The standard InChI is InChI=1S/C19H24N4O3S/c1-4-26-19(25)23-10-9-12(2)16(11-23)14-5-7-15(8-6-14)20-18(24)17-13(3)21-22-27-17/h5-8,13,17H,4,9-11H2,1-3H3,(H,20,24). The van der Waals surface area contributed by atoms with Crippen molar-refractivity contribution in [2.24, 2.45) is 9.63 Å². The second kappa shape index (κ2) is 8.56. The van der Waals surface area contributed by atoms with Gasteiger partial charge in [0.15, 0.2) is 0 Å². The summed E-state index contributed by atoms with van der Waals surface area (Å²) in [4.78, 5) is 26.1. The van der Waals surface area contributed by atoms with E-state index in [1.54, 1.807) is 4.90 Å². The van der Waals surface area contributed by atoms with E-state index in [-0.39, 0.29) is 23.3 Å². The van der Waals surface area contributed by atoms with E-state index in [9.17, 15) is 9.59 Å². The van der Waals surface area contributed by atoms with Crippen LogP contribution in [0.5, 0.6) is 0 Å². The first-order chi connectivity index (χ1) is 13.0. The molecule has 0 aliphatic carbocycles. The predicted molar refractivity (Wildman–Crippen MR) is 107 cm³/mol. The topological polar surface area (TPSA) is 83.4 Å². The second-order valence-corrected chi connectivity index (χ2v) is 7.54. The zero-order valence-corrected chi connectivity index (χ0v) is 16.6. The molecule has 2 unspecified atom stereocenters. The Kier molecular flexibility index (Phi) is 6.15. The zero-order chi connectivity index (χ0) is 19.4. The number of carbonyl (C=O) groups excluding carboxylic acids is 2. The number of rotatable bonds is 4. The summed E-state index contributed by atoms with van der Waals surface area (Å²) < 4.78 is 8.98. The maximum Gasteiger partial charge on any atom is 0.410 e. The molecule has 0 aromatic heterocycles.